The van der Waals surface area contributed by atoms with E-state index < -0.39 is 0 Å². The van der Waals surface area contributed by atoms with Crippen molar-refractivity contribution in [3.63, 3.8) is 0 Å². The van der Waals surface area contributed by atoms with Gasteiger partial charge in [-0.3, -0.25) is 4.79 Å². The molecule has 2 heterocycles. The van der Waals surface area contributed by atoms with E-state index in [-0.39, 0.29) is 11.7 Å². The number of carbonyl (C=O) groups is 1. The average Bonchev–Trinajstić information content (AvgIpc) is 2.85. The van der Waals surface area contributed by atoms with E-state index in [1.165, 1.54) is 0 Å². The first-order valence-corrected chi connectivity index (χ1v) is 5.79. The molecule has 0 aliphatic rings. The zero-order valence-electron chi connectivity index (χ0n) is 10.2. The Hall–Kier alpha value is -2.76. The Bertz CT molecular complexity index is 735. The second kappa shape index (κ2) is 4.49. The molecular formula is C13H11N5O. The zero-order valence-corrected chi connectivity index (χ0v) is 10.2. The Morgan fingerprint density at radius 2 is 2.00 bits per heavy atom. The number of carbonyl (C=O) groups excluding carboxylic acids is 1. The second-order valence-corrected chi connectivity index (χ2v) is 4.05. The highest BCUT2D eigenvalue weighted by molar-refractivity contribution is 6.01. The first-order valence-electron chi connectivity index (χ1n) is 5.79. The SMILES string of the molecule is Cc1ccnc2nc(C(=O)Nc3ccccc3)nn12. The van der Waals surface area contributed by atoms with Gasteiger partial charge >= 0.3 is 0 Å². The van der Waals surface area contributed by atoms with Crippen molar-refractivity contribution >= 4 is 17.4 Å². The topological polar surface area (TPSA) is 72.2 Å². The van der Waals surface area contributed by atoms with Crippen molar-refractivity contribution in [3.8, 4) is 0 Å². The van der Waals surface area contributed by atoms with Gasteiger partial charge in [0.25, 0.3) is 11.7 Å². The molecule has 6 heteroatoms. The Morgan fingerprint density at radius 1 is 1.21 bits per heavy atom. The smallest absolute Gasteiger partial charge is 0.295 e. The summed E-state index contributed by atoms with van der Waals surface area (Å²) in [7, 11) is 0. The second-order valence-electron chi connectivity index (χ2n) is 4.05. The van der Waals surface area contributed by atoms with Crippen molar-refractivity contribution in [2.45, 2.75) is 6.92 Å². The summed E-state index contributed by atoms with van der Waals surface area (Å²) in [6.45, 7) is 1.88. The number of nitrogens with zero attached hydrogens (tertiary/aromatic N) is 4. The van der Waals surface area contributed by atoms with Crippen LogP contribution in [0.25, 0.3) is 5.78 Å². The number of para-hydroxylation sites is 1. The van der Waals surface area contributed by atoms with Crippen LogP contribution >= 0.6 is 0 Å². The van der Waals surface area contributed by atoms with Gasteiger partial charge in [-0.2, -0.15) is 4.98 Å². The molecule has 0 spiro atoms. The van der Waals surface area contributed by atoms with Crippen molar-refractivity contribution in [1.29, 1.82) is 0 Å². The summed E-state index contributed by atoms with van der Waals surface area (Å²) in [5.74, 6) is 0.167. The number of aromatic nitrogens is 4. The average molecular weight is 253 g/mol. The van der Waals surface area contributed by atoms with Gasteiger partial charge in [-0.05, 0) is 25.1 Å². The number of aryl methyl sites for hydroxylation is 1. The number of nitrogens with one attached hydrogen (secondary N) is 1. The standard InChI is InChI=1S/C13H11N5O/c1-9-7-8-14-13-16-11(17-18(9)13)12(19)15-10-5-3-2-4-6-10/h2-8H,1H3,(H,15,19). The van der Waals surface area contributed by atoms with Gasteiger partial charge in [0.15, 0.2) is 0 Å². The van der Waals surface area contributed by atoms with Crippen LogP contribution in [0.1, 0.15) is 16.3 Å². The molecule has 0 atom stereocenters. The van der Waals surface area contributed by atoms with Gasteiger partial charge in [-0.1, -0.05) is 18.2 Å². The summed E-state index contributed by atoms with van der Waals surface area (Å²) in [6, 6.07) is 11.0. The molecule has 6 nitrogen and oxygen atoms in total. The highest BCUT2D eigenvalue weighted by Gasteiger charge is 2.14. The molecule has 0 radical (unpaired) electrons. The van der Waals surface area contributed by atoms with Gasteiger partial charge in [0.1, 0.15) is 0 Å². The number of amides is 1. The van der Waals surface area contributed by atoms with Crippen LogP contribution in [0, 0.1) is 6.92 Å². The van der Waals surface area contributed by atoms with Gasteiger partial charge in [-0.15, -0.1) is 5.10 Å². The Labute approximate surface area is 109 Å². The normalized spacial score (nSPS) is 10.6. The molecule has 0 saturated heterocycles. The van der Waals surface area contributed by atoms with Gasteiger partial charge in [0.05, 0.1) is 0 Å². The molecule has 0 unspecified atom stereocenters. The molecule has 0 aliphatic carbocycles. The maximum atomic E-state index is 12.0. The lowest BCUT2D eigenvalue weighted by Crippen LogP contribution is -2.13. The Morgan fingerprint density at radius 3 is 2.74 bits per heavy atom. The molecule has 1 N–H and O–H groups in total. The van der Waals surface area contributed by atoms with Crippen LogP contribution in [0.4, 0.5) is 5.69 Å². The number of hydrogen-bond donors (Lipinski definition) is 1. The van der Waals surface area contributed by atoms with Gasteiger partial charge < -0.3 is 5.32 Å². The van der Waals surface area contributed by atoms with E-state index in [1.807, 2.05) is 25.1 Å². The van der Waals surface area contributed by atoms with E-state index in [4.69, 9.17) is 0 Å². The van der Waals surface area contributed by atoms with Crippen molar-refractivity contribution in [2.24, 2.45) is 0 Å². The van der Waals surface area contributed by atoms with Crippen molar-refractivity contribution < 1.29 is 4.79 Å². The minimum Gasteiger partial charge on any atom is -0.319 e. The quantitative estimate of drug-likeness (QED) is 0.754. The van der Waals surface area contributed by atoms with Gasteiger partial charge in [0, 0.05) is 17.6 Å². The Balaban J connectivity index is 1.92. The minimum atomic E-state index is -0.351. The van der Waals surface area contributed by atoms with Crippen LogP contribution in [-0.4, -0.2) is 25.5 Å². The van der Waals surface area contributed by atoms with E-state index in [0.29, 0.717) is 11.5 Å². The summed E-state index contributed by atoms with van der Waals surface area (Å²) in [5.41, 5.74) is 1.58. The number of fused-ring (bicyclic) bond motifs is 1. The highest BCUT2D eigenvalue weighted by atomic mass is 16.2. The lowest BCUT2D eigenvalue weighted by Gasteiger charge is -2.00. The molecule has 0 aliphatic heterocycles. The maximum absolute atomic E-state index is 12.0. The predicted octanol–water partition coefficient (Wildman–Crippen LogP) is 1.69. The molecule has 0 saturated carbocycles. The van der Waals surface area contributed by atoms with Crippen molar-refractivity contribution in [2.75, 3.05) is 5.32 Å². The maximum Gasteiger partial charge on any atom is 0.295 e. The number of benzene rings is 1. The third-order valence-electron chi connectivity index (χ3n) is 2.66. The highest BCUT2D eigenvalue weighted by Crippen LogP contribution is 2.07. The van der Waals surface area contributed by atoms with Crippen molar-refractivity contribution in [3.05, 3.63) is 54.1 Å². The third kappa shape index (κ3) is 2.15. The molecule has 19 heavy (non-hydrogen) atoms. The van der Waals surface area contributed by atoms with Crippen LogP contribution in [0.5, 0.6) is 0 Å². The lowest BCUT2D eigenvalue weighted by molar-refractivity contribution is 0.101. The van der Waals surface area contributed by atoms with Crippen LogP contribution in [0.3, 0.4) is 0 Å². The fourth-order valence-corrected chi connectivity index (χ4v) is 1.71. The monoisotopic (exact) mass is 253 g/mol. The van der Waals surface area contributed by atoms with E-state index in [9.17, 15) is 4.79 Å². The molecule has 0 bridgehead atoms. The fraction of sp³-hybridized carbons (Fsp3) is 0.0769. The van der Waals surface area contributed by atoms with E-state index >= 15 is 0 Å². The number of rotatable bonds is 2. The molecule has 94 valence electrons. The minimum absolute atomic E-state index is 0.102. The van der Waals surface area contributed by atoms with Crippen LogP contribution in [-0.2, 0) is 0 Å². The van der Waals surface area contributed by atoms with Crippen LogP contribution < -0.4 is 5.32 Å². The largest absolute Gasteiger partial charge is 0.319 e. The van der Waals surface area contributed by atoms with Crippen molar-refractivity contribution in [1.82, 2.24) is 19.6 Å². The summed E-state index contributed by atoms with van der Waals surface area (Å²) >= 11 is 0. The number of hydrogen-bond acceptors (Lipinski definition) is 4. The van der Waals surface area contributed by atoms with Crippen LogP contribution in [0.2, 0.25) is 0 Å². The third-order valence-corrected chi connectivity index (χ3v) is 2.66. The van der Waals surface area contributed by atoms with E-state index in [0.717, 1.165) is 5.69 Å². The first kappa shape index (κ1) is 11.3. The fourth-order valence-electron chi connectivity index (χ4n) is 1.71. The predicted molar refractivity (Wildman–Crippen MR) is 69.9 cm³/mol. The molecule has 0 fully saturated rings. The summed E-state index contributed by atoms with van der Waals surface area (Å²) < 4.78 is 1.54. The molecule has 1 aromatic carbocycles. The zero-order chi connectivity index (χ0) is 13.2. The molecule has 1 amide bonds. The van der Waals surface area contributed by atoms with Gasteiger partial charge in [-0.25, -0.2) is 9.50 Å². The summed E-state index contributed by atoms with van der Waals surface area (Å²) in [5, 5.41) is 6.87. The Kier molecular flexibility index (Phi) is 2.68. The molecular weight excluding hydrogens is 242 g/mol. The molecule has 3 rings (SSSR count). The lowest BCUT2D eigenvalue weighted by atomic mass is 10.3. The molecule has 2 aromatic heterocycles. The van der Waals surface area contributed by atoms with Gasteiger partial charge in [0.2, 0.25) is 5.82 Å². The van der Waals surface area contributed by atoms with E-state index in [1.54, 1.807) is 28.9 Å². The first-order chi connectivity index (χ1) is 9.24. The van der Waals surface area contributed by atoms with E-state index in [2.05, 4.69) is 20.4 Å². The molecule has 3 aromatic rings. The number of anilines is 1. The van der Waals surface area contributed by atoms with Crippen LogP contribution in [0.15, 0.2) is 42.6 Å². The summed E-state index contributed by atoms with van der Waals surface area (Å²) in [6.07, 6.45) is 1.64. The summed E-state index contributed by atoms with van der Waals surface area (Å²) in [4.78, 5) is 20.2.